The number of aromatic nitrogens is 3. The second-order valence-corrected chi connectivity index (χ2v) is 8.26. The van der Waals surface area contributed by atoms with Gasteiger partial charge in [-0.15, -0.1) is 16.4 Å². The molecule has 2 heterocycles. The number of hydrogen-bond donors (Lipinski definition) is 2. The number of aliphatic carboxylic acids is 1. The smallest absolute Gasteiger partial charge is 0.303 e. The first-order valence-corrected chi connectivity index (χ1v) is 10.4. The molecule has 2 aromatic heterocycles. The Labute approximate surface area is 162 Å². The van der Waals surface area contributed by atoms with E-state index in [9.17, 15) is 9.59 Å². The van der Waals surface area contributed by atoms with Gasteiger partial charge in [0.05, 0.1) is 12.7 Å². The van der Waals surface area contributed by atoms with Gasteiger partial charge in [-0.05, 0) is 30.2 Å². The Balaban J connectivity index is 1.58. The topological polar surface area (TPSA) is 97.1 Å². The first-order chi connectivity index (χ1) is 13.1. The highest BCUT2D eigenvalue weighted by Crippen LogP contribution is 2.28. The van der Waals surface area contributed by atoms with Crippen molar-refractivity contribution in [3.63, 3.8) is 0 Å². The number of amides is 1. The van der Waals surface area contributed by atoms with Gasteiger partial charge in [-0.25, -0.2) is 4.68 Å². The summed E-state index contributed by atoms with van der Waals surface area (Å²) in [5.74, 6) is -0.550. The fourth-order valence-corrected chi connectivity index (χ4v) is 4.37. The number of thiophene rings is 1. The van der Waals surface area contributed by atoms with E-state index >= 15 is 0 Å². The second-order valence-electron chi connectivity index (χ2n) is 7.22. The highest BCUT2D eigenvalue weighted by molar-refractivity contribution is 7.09. The third-order valence-electron chi connectivity index (χ3n) is 5.05. The van der Waals surface area contributed by atoms with Crippen LogP contribution in [0.5, 0.6) is 0 Å². The standard InChI is InChI=1S/C19H26N4O3S/c24-18(25)9-8-15(11-14-5-2-1-3-6-14)20-19(26)17-13-23(22-21-17)12-16-7-4-10-27-16/h4,7,10,13-15H,1-3,5-6,8-9,11-12H2,(H,20,26)(H,24,25). The predicted octanol–water partition coefficient (Wildman–Crippen LogP) is 3.32. The van der Waals surface area contributed by atoms with Crippen molar-refractivity contribution in [3.8, 4) is 0 Å². The van der Waals surface area contributed by atoms with Crippen molar-refractivity contribution in [2.45, 2.75) is 64.0 Å². The Morgan fingerprint density at radius 2 is 2.15 bits per heavy atom. The average molecular weight is 391 g/mol. The van der Waals surface area contributed by atoms with Crippen LogP contribution in [0.4, 0.5) is 0 Å². The highest BCUT2D eigenvalue weighted by atomic mass is 32.1. The zero-order valence-corrected chi connectivity index (χ0v) is 16.2. The molecule has 146 valence electrons. The molecule has 0 aliphatic heterocycles. The Kier molecular flexibility index (Phi) is 6.98. The summed E-state index contributed by atoms with van der Waals surface area (Å²) in [7, 11) is 0. The van der Waals surface area contributed by atoms with Crippen molar-refractivity contribution >= 4 is 23.2 Å². The monoisotopic (exact) mass is 390 g/mol. The third-order valence-corrected chi connectivity index (χ3v) is 5.91. The zero-order valence-electron chi connectivity index (χ0n) is 15.3. The van der Waals surface area contributed by atoms with Crippen molar-refractivity contribution in [2.24, 2.45) is 5.92 Å². The Hall–Kier alpha value is -2.22. The first-order valence-electron chi connectivity index (χ1n) is 9.55. The van der Waals surface area contributed by atoms with Crippen LogP contribution in [-0.2, 0) is 11.3 Å². The summed E-state index contributed by atoms with van der Waals surface area (Å²) in [6, 6.07) is 3.85. The molecule has 1 unspecified atom stereocenters. The number of carboxylic acid groups (broad SMARTS) is 1. The molecule has 1 atom stereocenters. The molecule has 0 saturated heterocycles. The van der Waals surface area contributed by atoms with Gasteiger partial charge in [0.15, 0.2) is 5.69 Å². The highest BCUT2D eigenvalue weighted by Gasteiger charge is 2.22. The summed E-state index contributed by atoms with van der Waals surface area (Å²) in [6.07, 6.45) is 9.03. The van der Waals surface area contributed by atoms with E-state index in [4.69, 9.17) is 5.11 Å². The van der Waals surface area contributed by atoms with Crippen LogP contribution in [0.1, 0.15) is 66.7 Å². The minimum Gasteiger partial charge on any atom is -0.481 e. The summed E-state index contributed by atoms with van der Waals surface area (Å²) >= 11 is 1.63. The molecule has 7 nitrogen and oxygen atoms in total. The fourth-order valence-electron chi connectivity index (χ4n) is 3.67. The molecule has 1 amide bonds. The Morgan fingerprint density at radius 1 is 1.33 bits per heavy atom. The van der Waals surface area contributed by atoms with Crippen LogP contribution >= 0.6 is 11.3 Å². The maximum absolute atomic E-state index is 12.6. The molecule has 2 N–H and O–H groups in total. The number of nitrogens with zero attached hydrogens (tertiary/aromatic N) is 3. The van der Waals surface area contributed by atoms with Gasteiger partial charge in [0.1, 0.15) is 0 Å². The van der Waals surface area contributed by atoms with E-state index < -0.39 is 5.97 Å². The van der Waals surface area contributed by atoms with Crippen LogP contribution < -0.4 is 5.32 Å². The molecule has 3 rings (SSSR count). The quantitative estimate of drug-likeness (QED) is 0.684. The number of carbonyl (C=O) groups excluding carboxylic acids is 1. The van der Waals surface area contributed by atoms with Crippen LogP contribution in [0.3, 0.4) is 0 Å². The van der Waals surface area contributed by atoms with Crippen LogP contribution in [0.25, 0.3) is 0 Å². The Bertz CT molecular complexity index is 738. The van der Waals surface area contributed by atoms with Crippen molar-refractivity contribution < 1.29 is 14.7 Å². The minimum atomic E-state index is -0.834. The van der Waals surface area contributed by atoms with Crippen molar-refractivity contribution in [3.05, 3.63) is 34.3 Å². The lowest BCUT2D eigenvalue weighted by Crippen LogP contribution is -2.37. The number of hydrogen-bond acceptors (Lipinski definition) is 5. The molecule has 0 bridgehead atoms. The largest absolute Gasteiger partial charge is 0.481 e. The van der Waals surface area contributed by atoms with Crippen LogP contribution in [0.15, 0.2) is 23.7 Å². The number of carbonyl (C=O) groups is 2. The summed E-state index contributed by atoms with van der Waals surface area (Å²) in [4.78, 5) is 24.7. The predicted molar refractivity (Wildman–Crippen MR) is 103 cm³/mol. The lowest BCUT2D eigenvalue weighted by molar-refractivity contribution is -0.137. The summed E-state index contributed by atoms with van der Waals surface area (Å²) in [6.45, 7) is 0.586. The van der Waals surface area contributed by atoms with Gasteiger partial charge < -0.3 is 10.4 Å². The fraction of sp³-hybridized carbons (Fsp3) is 0.579. The zero-order chi connectivity index (χ0) is 19.1. The van der Waals surface area contributed by atoms with Gasteiger partial charge >= 0.3 is 5.97 Å². The average Bonchev–Trinajstić information content (AvgIpc) is 3.33. The van der Waals surface area contributed by atoms with Crippen LogP contribution in [0.2, 0.25) is 0 Å². The molecule has 8 heteroatoms. The molecule has 0 radical (unpaired) electrons. The molecule has 0 spiro atoms. The third kappa shape index (κ3) is 6.16. The minimum absolute atomic E-state index is 0.0583. The van der Waals surface area contributed by atoms with Gasteiger partial charge in [0.2, 0.25) is 0 Å². The molecule has 1 aliphatic rings. The van der Waals surface area contributed by atoms with Gasteiger partial charge in [0.25, 0.3) is 5.91 Å². The van der Waals surface area contributed by atoms with Gasteiger partial charge in [-0.1, -0.05) is 43.4 Å². The van der Waals surface area contributed by atoms with E-state index in [2.05, 4.69) is 15.6 Å². The van der Waals surface area contributed by atoms with Crippen molar-refractivity contribution in [1.29, 1.82) is 0 Å². The molecule has 27 heavy (non-hydrogen) atoms. The molecule has 1 aliphatic carbocycles. The Morgan fingerprint density at radius 3 is 2.85 bits per heavy atom. The molecule has 0 aromatic carbocycles. The van der Waals surface area contributed by atoms with Gasteiger partial charge in [-0.2, -0.15) is 0 Å². The van der Waals surface area contributed by atoms with Crippen LogP contribution in [0, 0.1) is 5.92 Å². The molecule has 1 saturated carbocycles. The molecule has 1 fully saturated rings. The maximum Gasteiger partial charge on any atom is 0.303 e. The number of rotatable bonds is 9. The van der Waals surface area contributed by atoms with E-state index in [0.717, 1.165) is 24.1 Å². The van der Waals surface area contributed by atoms with Crippen molar-refractivity contribution in [1.82, 2.24) is 20.3 Å². The second kappa shape index (κ2) is 9.64. The lowest BCUT2D eigenvalue weighted by atomic mass is 9.84. The summed E-state index contributed by atoms with van der Waals surface area (Å²) in [5, 5.41) is 22.0. The van der Waals surface area contributed by atoms with Gasteiger partial charge in [-0.3, -0.25) is 9.59 Å². The van der Waals surface area contributed by atoms with Crippen molar-refractivity contribution in [2.75, 3.05) is 0 Å². The maximum atomic E-state index is 12.6. The number of carboxylic acids is 1. The summed E-state index contributed by atoms with van der Waals surface area (Å²) in [5.41, 5.74) is 0.274. The van der Waals surface area contributed by atoms with E-state index in [1.54, 1.807) is 22.2 Å². The lowest BCUT2D eigenvalue weighted by Gasteiger charge is -2.26. The van der Waals surface area contributed by atoms with E-state index in [-0.39, 0.29) is 24.1 Å². The first kappa shape index (κ1) is 19.5. The van der Waals surface area contributed by atoms with E-state index in [1.165, 1.54) is 19.3 Å². The molecular weight excluding hydrogens is 364 g/mol. The normalized spacial score (nSPS) is 16.1. The number of nitrogens with one attached hydrogen (secondary N) is 1. The van der Waals surface area contributed by atoms with Crippen LogP contribution in [-0.4, -0.2) is 38.0 Å². The summed E-state index contributed by atoms with van der Waals surface area (Å²) < 4.78 is 1.65. The van der Waals surface area contributed by atoms with E-state index in [1.807, 2.05) is 17.5 Å². The SMILES string of the molecule is O=C(O)CCC(CC1CCCCC1)NC(=O)c1cn(Cc2cccs2)nn1. The molecule has 2 aromatic rings. The molecular formula is C19H26N4O3S. The van der Waals surface area contributed by atoms with E-state index in [0.29, 0.717) is 18.9 Å². The van der Waals surface area contributed by atoms with Gasteiger partial charge in [0, 0.05) is 17.3 Å².